The van der Waals surface area contributed by atoms with Crippen LogP contribution in [0, 0.1) is 0 Å². The molecule has 1 N–H and O–H groups in total. The largest absolute Gasteiger partial charge is 0.461 e. The average molecular weight is 188 g/mol. The highest BCUT2D eigenvalue weighted by atomic mass is 16.6. The van der Waals surface area contributed by atoms with Gasteiger partial charge in [-0.15, -0.1) is 0 Å². The summed E-state index contributed by atoms with van der Waals surface area (Å²) in [6.07, 6.45) is -0.184. The van der Waals surface area contributed by atoms with Crippen molar-refractivity contribution in [2.24, 2.45) is 0 Å². The lowest BCUT2D eigenvalue weighted by Crippen LogP contribution is -2.36. The number of carbonyl (C=O) groups is 1. The molecule has 0 amide bonds. The molecule has 0 unspecified atom stereocenters. The van der Waals surface area contributed by atoms with Gasteiger partial charge < -0.3 is 14.6 Å². The number of rotatable bonds is 2. The maximum atomic E-state index is 11.3. The Hall–Kier alpha value is -0.610. The number of aliphatic hydroxyl groups excluding tert-OH is 1. The minimum absolute atomic E-state index is 0.129. The van der Waals surface area contributed by atoms with Crippen molar-refractivity contribution in [2.75, 3.05) is 6.61 Å². The fraction of sp³-hybridized carbons (Fsp3) is 0.889. The maximum absolute atomic E-state index is 11.3. The third-order valence-corrected chi connectivity index (χ3v) is 1.87. The van der Waals surface area contributed by atoms with Gasteiger partial charge in [-0.25, -0.2) is 4.79 Å². The van der Waals surface area contributed by atoms with Crippen LogP contribution in [0.5, 0.6) is 0 Å². The molecule has 4 nitrogen and oxygen atoms in total. The van der Waals surface area contributed by atoms with E-state index in [1.54, 1.807) is 13.8 Å². The molecular weight excluding hydrogens is 172 g/mol. The van der Waals surface area contributed by atoms with Gasteiger partial charge in [0.25, 0.3) is 0 Å². The zero-order valence-electron chi connectivity index (χ0n) is 8.03. The van der Waals surface area contributed by atoms with Crippen molar-refractivity contribution in [3.8, 4) is 0 Å². The van der Waals surface area contributed by atoms with Gasteiger partial charge in [0.05, 0.1) is 18.8 Å². The summed E-state index contributed by atoms with van der Waals surface area (Å²) in [5.41, 5.74) is 0. The Kier molecular flexibility index (Phi) is 3.69. The summed E-state index contributed by atoms with van der Waals surface area (Å²) in [6.45, 7) is 4.01. The molecule has 0 radical (unpaired) electrons. The maximum Gasteiger partial charge on any atom is 0.335 e. The monoisotopic (exact) mass is 188 g/mol. The molecule has 0 aromatic heterocycles. The first-order valence-electron chi connectivity index (χ1n) is 4.59. The zero-order valence-corrected chi connectivity index (χ0v) is 8.03. The van der Waals surface area contributed by atoms with Gasteiger partial charge in [0.2, 0.25) is 0 Å². The number of ether oxygens (including phenoxy) is 2. The number of esters is 1. The van der Waals surface area contributed by atoms with Crippen molar-refractivity contribution in [1.82, 2.24) is 0 Å². The summed E-state index contributed by atoms with van der Waals surface area (Å²) < 4.78 is 10.1. The fourth-order valence-electron chi connectivity index (χ4n) is 1.25. The van der Waals surface area contributed by atoms with Crippen LogP contribution in [0.1, 0.15) is 26.7 Å². The van der Waals surface area contributed by atoms with Crippen LogP contribution in [0.15, 0.2) is 0 Å². The molecule has 1 aliphatic heterocycles. The van der Waals surface area contributed by atoms with E-state index in [1.807, 2.05) is 0 Å². The second kappa shape index (κ2) is 4.58. The van der Waals surface area contributed by atoms with E-state index in [2.05, 4.69) is 0 Å². The highest BCUT2D eigenvalue weighted by molar-refractivity contribution is 5.75. The van der Waals surface area contributed by atoms with Crippen LogP contribution in [0.25, 0.3) is 0 Å². The van der Waals surface area contributed by atoms with Crippen LogP contribution in [0.4, 0.5) is 0 Å². The van der Waals surface area contributed by atoms with Crippen LogP contribution in [0.2, 0.25) is 0 Å². The molecule has 0 aromatic carbocycles. The number of hydrogen-bond acceptors (Lipinski definition) is 4. The lowest BCUT2D eigenvalue weighted by Gasteiger charge is -2.25. The minimum atomic E-state index is -0.578. The zero-order chi connectivity index (χ0) is 9.84. The van der Waals surface area contributed by atoms with Gasteiger partial charge >= 0.3 is 5.97 Å². The Morgan fingerprint density at radius 3 is 2.85 bits per heavy atom. The van der Waals surface area contributed by atoms with Crippen molar-refractivity contribution < 1.29 is 19.4 Å². The third-order valence-electron chi connectivity index (χ3n) is 1.87. The first kappa shape index (κ1) is 10.5. The van der Waals surface area contributed by atoms with Crippen molar-refractivity contribution in [3.63, 3.8) is 0 Å². The molecule has 76 valence electrons. The number of hydrogen-bond donors (Lipinski definition) is 1. The summed E-state index contributed by atoms with van der Waals surface area (Å²) in [4.78, 5) is 11.3. The predicted octanol–water partition coefficient (Wildman–Crippen LogP) is 0.478. The van der Waals surface area contributed by atoms with E-state index >= 15 is 0 Å². The lowest BCUT2D eigenvalue weighted by molar-refractivity contribution is -0.167. The van der Waals surface area contributed by atoms with Crippen molar-refractivity contribution in [3.05, 3.63) is 0 Å². The van der Waals surface area contributed by atoms with Gasteiger partial charge in [0.1, 0.15) is 0 Å². The second-order valence-electron chi connectivity index (χ2n) is 3.52. The molecule has 4 heteroatoms. The Labute approximate surface area is 77.8 Å². The van der Waals surface area contributed by atoms with E-state index in [9.17, 15) is 9.90 Å². The van der Waals surface area contributed by atoms with Crippen LogP contribution < -0.4 is 0 Å². The molecule has 13 heavy (non-hydrogen) atoms. The topological polar surface area (TPSA) is 55.8 Å². The summed E-state index contributed by atoms with van der Waals surface area (Å²) >= 11 is 0. The Bertz CT molecular complexity index is 178. The first-order chi connectivity index (χ1) is 6.09. The van der Waals surface area contributed by atoms with Gasteiger partial charge in [-0.2, -0.15) is 0 Å². The quantitative estimate of drug-likeness (QED) is 0.640. The average Bonchev–Trinajstić information content (AvgIpc) is 2.03. The molecule has 1 rings (SSSR count). The first-order valence-corrected chi connectivity index (χ1v) is 4.59. The molecule has 0 aromatic rings. The van der Waals surface area contributed by atoms with Crippen molar-refractivity contribution >= 4 is 5.97 Å². The SMILES string of the molecule is CC(C)OC(=O)[C@@H]1C[C@@H](O)CCO1. The normalized spacial score (nSPS) is 28.9. The van der Waals surface area contributed by atoms with E-state index in [-0.39, 0.29) is 12.1 Å². The molecule has 1 heterocycles. The van der Waals surface area contributed by atoms with E-state index in [1.165, 1.54) is 0 Å². The number of aliphatic hydroxyl groups is 1. The molecule has 0 spiro atoms. The molecule has 0 aliphatic carbocycles. The van der Waals surface area contributed by atoms with Crippen LogP contribution in [-0.4, -0.2) is 36.0 Å². The molecule has 0 saturated carbocycles. The Balaban J connectivity index is 2.37. The van der Waals surface area contributed by atoms with E-state index in [0.717, 1.165) is 0 Å². The summed E-state index contributed by atoms with van der Waals surface area (Å²) in [7, 11) is 0. The van der Waals surface area contributed by atoms with Gasteiger partial charge in [-0.3, -0.25) is 0 Å². The van der Waals surface area contributed by atoms with Crippen LogP contribution in [-0.2, 0) is 14.3 Å². The van der Waals surface area contributed by atoms with Gasteiger partial charge in [-0.1, -0.05) is 0 Å². The number of carbonyl (C=O) groups excluding carboxylic acids is 1. The summed E-state index contributed by atoms with van der Waals surface area (Å²) in [5.74, 6) is -0.367. The minimum Gasteiger partial charge on any atom is -0.461 e. The summed E-state index contributed by atoms with van der Waals surface area (Å²) in [6, 6.07) is 0. The highest BCUT2D eigenvalue weighted by Gasteiger charge is 2.28. The van der Waals surface area contributed by atoms with Gasteiger partial charge in [0.15, 0.2) is 6.10 Å². The standard InChI is InChI=1S/C9H16O4/c1-6(2)13-9(11)8-5-7(10)3-4-12-8/h6-8,10H,3-5H2,1-2H3/t7-,8-/m0/s1. The summed E-state index contributed by atoms with van der Waals surface area (Å²) in [5, 5.41) is 9.27. The van der Waals surface area contributed by atoms with Crippen molar-refractivity contribution in [1.29, 1.82) is 0 Å². The lowest BCUT2D eigenvalue weighted by atomic mass is 10.1. The van der Waals surface area contributed by atoms with Crippen molar-refractivity contribution in [2.45, 2.75) is 45.0 Å². The smallest absolute Gasteiger partial charge is 0.335 e. The van der Waals surface area contributed by atoms with E-state index < -0.39 is 12.2 Å². The molecule has 1 aliphatic rings. The highest BCUT2D eigenvalue weighted by Crippen LogP contribution is 2.15. The molecular formula is C9H16O4. The Morgan fingerprint density at radius 1 is 1.62 bits per heavy atom. The predicted molar refractivity (Wildman–Crippen MR) is 46.2 cm³/mol. The second-order valence-corrected chi connectivity index (χ2v) is 3.52. The van der Waals surface area contributed by atoms with E-state index in [4.69, 9.17) is 9.47 Å². The molecule has 1 fully saturated rings. The molecule has 2 atom stereocenters. The van der Waals surface area contributed by atoms with Gasteiger partial charge in [0, 0.05) is 6.42 Å². The molecule has 0 bridgehead atoms. The molecule has 1 saturated heterocycles. The van der Waals surface area contributed by atoms with Gasteiger partial charge in [-0.05, 0) is 20.3 Å². The van der Waals surface area contributed by atoms with Crippen LogP contribution >= 0.6 is 0 Å². The fourth-order valence-corrected chi connectivity index (χ4v) is 1.25. The van der Waals surface area contributed by atoms with Crippen LogP contribution in [0.3, 0.4) is 0 Å². The third kappa shape index (κ3) is 3.32. The Morgan fingerprint density at radius 2 is 2.31 bits per heavy atom. The van der Waals surface area contributed by atoms with E-state index in [0.29, 0.717) is 19.4 Å².